The van der Waals surface area contributed by atoms with Crippen LogP contribution in [0.2, 0.25) is 0 Å². The van der Waals surface area contributed by atoms with Gasteiger partial charge in [0, 0.05) is 7.11 Å². The lowest BCUT2D eigenvalue weighted by molar-refractivity contribution is -0.145. The minimum absolute atomic E-state index is 1.00. The van der Waals surface area contributed by atoms with Crippen LogP contribution in [0.15, 0.2) is 0 Å². The maximum absolute atomic E-state index is 9.45. The number of hydrogen-bond acceptors (Lipinski definition) is 3. The van der Waals surface area contributed by atoms with Gasteiger partial charge in [-0.05, 0) is 6.92 Å². The smallest absolute Gasteiger partial charge is 0.332 e. The molecule has 4 nitrogen and oxygen atoms in total. The monoisotopic (exact) mass is 122 g/mol. The summed E-state index contributed by atoms with van der Waals surface area (Å²) in [5.41, 5.74) is 0. The van der Waals surface area contributed by atoms with Crippen LogP contribution in [0.4, 0.5) is 0 Å². The molecule has 0 heterocycles. The van der Waals surface area contributed by atoms with Crippen LogP contribution < -0.4 is 0 Å². The number of aliphatic hydroxyl groups excluding tert-OH is 2. The van der Waals surface area contributed by atoms with Gasteiger partial charge in [0.1, 0.15) is 6.10 Å². The Labute approximate surface area is 47.4 Å². The van der Waals surface area contributed by atoms with Crippen molar-refractivity contribution in [1.82, 2.24) is 0 Å². The lowest BCUT2D eigenvalue weighted by Gasteiger charge is -1.89. The molecule has 0 amide bonds. The second-order valence-corrected chi connectivity index (χ2v) is 1.01. The van der Waals surface area contributed by atoms with Gasteiger partial charge in [0.05, 0.1) is 0 Å². The molecule has 0 bridgehead atoms. The van der Waals surface area contributed by atoms with Crippen LogP contribution in [0.5, 0.6) is 0 Å². The molecule has 0 aliphatic heterocycles. The molecule has 8 heavy (non-hydrogen) atoms. The number of aliphatic hydroxyl groups is 2. The molecule has 0 fully saturated rings. The summed E-state index contributed by atoms with van der Waals surface area (Å²) in [5.74, 6) is -1.19. The molecule has 0 saturated carbocycles. The van der Waals surface area contributed by atoms with Crippen molar-refractivity contribution in [3.05, 3.63) is 0 Å². The highest BCUT2D eigenvalue weighted by atomic mass is 16.4. The molecule has 0 unspecified atom stereocenters. The number of hydrogen-bond donors (Lipinski definition) is 3. The van der Waals surface area contributed by atoms with Gasteiger partial charge < -0.3 is 15.3 Å². The molecule has 4 heteroatoms. The molecule has 0 aliphatic carbocycles. The fourth-order valence-corrected chi connectivity index (χ4v) is 0. The highest BCUT2D eigenvalue weighted by Crippen LogP contribution is 1.73. The summed E-state index contributed by atoms with van der Waals surface area (Å²) >= 11 is 0. The quantitative estimate of drug-likeness (QED) is 0.419. The van der Waals surface area contributed by atoms with E-state index in [4.69, 9.17) is 15.3 Å². The lowest BCUT2D eigenvalue weighted by atomic mass is 10.4. The molecule has 0 aliphatic rings. The fraction of sp³-hybridized carbons (Fsp3) is 0.750. The van der Waals surface area contributed by atoms with E-state index in [2.05, 4.69) is 0 Å². The Kier molecular flexibility index (Phi) is 8.30. The SMILES string of the molecule is CO.C[C@H](O)C(=O)O. The van der Waals surface area contributed by atoms with Gasteiger partial charge in [0.2, 0.25) is 0 Å². The van der Waals surface area contributed by atoms with Crippen molar-refractivity contribution in [2.45, 2.75) is 13.0 Å². The molecule has 0 spiro atoms. The minimum Gasteiger partial charge on any atom is -0.479 e. The van der Waals surface area contributed by atoms with Gasteiger partial charge in [-0.3, -0.25) is 0 Å². The van der Waals surface area contributed by atoms with Crippen molar-refractivity contribution in [2.24, 2.45) is 0 Å². The van der Waals surface area contributed by atoms with E-state index in [0.29, 0.717) is 0 Å². The average Bonchev–Trinajstić information content (AvgIpc) is 1.72. The summed E-state index contributed by atoms with van der Waals surface area (Å²) in [7, 11) is 1.00. The molecule has 0 rings (SSSR count). The summed E-state index contributed by atoms with van der Waals surface area (Å²) in [5, 5.41) is 22.8. The van der Waals surface area contributed by atoms with E-state index in [1.165, 1.54) is 6.92 Å². The van der Waals surface area contributed by atoms with Crippen molar-refractivity contribution in [3.8, 4) is 0 Å². The predicted octanol–water partition coefficient (Wildman–Crippen LogP) is -0.940. The predicted molar refractivity (Wildman–Crippen MR) is 27.5 cm³/mol. The van der Waals surface area contributed by atoms with E-state index < -0.39 is 12.1 Å². The summed E-state index contributed by atoms with van der Waals surface area (Å²) in [4.78, 5) is 9.45. The normalized spacial score (nSPS) is 11.0. The van der Waals surface area contributed by atoms with Gasteiger partial charge in [0.15, 0.2) is 0 Å². The summed E-state index contributed by atoms with van der Waals surface area (Å²) in [6, 6.07) is 0. The first-order valence-electron chi connectivity index (χ1n) is 2.00. The molecule has 0 aromatic rings. The van der Waals surface area contributed by atoms with Crippen LogP contribution in [0.3, 0.4) is 0 Å². The van der Waals surface area contributed by atoms with Gasteiger partial charge in [-0.2, -0.15) is 0 Å². The second kappa shape index (κ2) is 6.39. The summed E-state index contributed by atoms with van der Waals surface area (Å²) in [6.07, 6.45) is -1.23. The van der Waals surface area contributed by atoms with Gasteiger partial charge >= 0.3 is 5.97 Å². The highest BCUT2D eigenvalue weighted by molar-refractivity contribution is 5.71. The third-order valence-electron chi connectivity index (χ3n) is 0.357. The molecule has 0 aromatic carbocycles. The molecule has 0 saturated heterocycles. The third-order valence-corrected chi connectivity index (χ3v) is 0.357. The average molecular weight is 122 g/mol. The second-order valence-electron chi connectivity index (χ2n) is 1.01. The fourth-order valence-electron chi connectivity index (χ4n) is 0. The number of carboxylic acids is 1. The Balaban J connectivity index is 0. The Hall–Kier alpha value is -0.610. The van der Waals surface area contributed by atoms with E-state index >= 15 is 0 Å². The molecular weight excluding hydrogens is 112 g/mol. The first-order valence-corrected chi connectivity index (χ1v) is 2.00. The number of aliphatic carboxylic acids is 1. The molecular formula is C4H10O4. The Morgan fingerprint density at radius 3 is 1.62 bits per heavy atom. The van der Waals surface area contributed by atoms with Crippen molar-refractivity contribution < 1.29 is 20.1 Å². The third kappa shape index (κ3) is 9.04. The van der Waals surface area contributed by atoms with E-state index in [0.717, 1.165) is 7.11 Å². The maximum Gasteiger partial charge on any atom is 0.332 e. The summed E-state index contributed by atoms with van der Waals surface area (Å²) in [6.45, 7) is 1.20. The first kappa shape index (κ1) is 10.4. The van der Waals surface area contributed by atoms with Crippen molar-refractivity contribution >= 4 is 5.97 Å². The number of rotatable bonds is 1. The zero-order valence-electron chi connectivity index (χ0n) is 4.83. The van der Waals surface area contributed by atoms with E-state index in [1.54, 1.807) is 0 Å². The zero-order valence-corrected chi connectivity index (χ0v) is 4.83. The largest absolute Gasteiger partial charge is 0.479 e. The van der Waals surface area contributed by atoms with Crippen molar-refractivity contribution in [3.63, 3.8) is 0 Å². The van der Waals surface area contributed by atoms with Crippen molar-refractivity contribution in [2.75, 3.05) is 7.11 Å². The van der Waals surface area contributed by atoms with Gasteiger partial charge in [-0.1, -0.05) is 0 Å². The molecule has 50 valence electrons. The zero-order chi connectivity index (χ0) is 7.15. The lowest BCUT2D eigenvalue weighted by Crippen LogP contribution is -2.13. The number of carbonyl (C=O) groups is 1. The molecule has 0 radical (unpaired) electrons. The Morgan fingerprint density at radius 1 is 1.50 bits per heavy atom. The minimum atomic E-state index is -1.23. The van der Waals surface area contributed by atoms with Crippen LogP contribution in [0.25, 0.3) is 0 Å². The summed E-state index contributed by atoms with van der Waals surface area (Å²) < 4.78 is 0. The number of carboxylic acid groups (broad SMARTS) is 1. The van der Waals surface area contributed by atoms with Gasteiger partial charge in [-0.15, -0.1) is 0 Å². The van der Waals surface area contributed by atoms with E-state index in [1.807, 2.05) is 0 Å². The molecule has 3 N–H and O–H groups in total. The maximum atomic E-state index is 9.45. The van der Waals surface area contributed by atoms with Gasteiger partial charge in [-0.25, -0.2) is 4.79 Å². The highest BCUT2D eigenvalue weighted by Gasteiger charge is 2.01. The van der Waals surface area contributed by atoms with Crippen LogP contribution in [-0.4, -0.2) is 34.5 Å². The van der Waals surface area contributed by atoms with Crippen LogP contribution >= 0.6 is 0 Å². The van der Waals surface area contributed by atoms with Crippen LogP contribution in [0.1, 0.15) is 6.92 Å². The first-order chi connectivity index (χ1) is 3.64. The molecule has 1 atom stereocenters. The Bertz CT molecular complexity index is 59.1. The van der Waals surface area contributed by atoms with Crippen molar-refractivity contribution in [1.29, 1.82) is 0 Å². The van der Waals surface area contributed by atoms with Gasteiger partial charge in [0.25, 0.3) is 0 Å². The van der Waals surface area contributed by atoms with Crippen LogP contribution in [-0.2, 0) is 4.79 Å². The van der Waals surface area contributed by atoms with E-state index in [-0.39, 0.29) is 0 Å². The standard InChI is InChI=1S/C3H6O3.CH4O/c1-2(4)3(5)6;1-2/h2,4H,1H3,(H,5,6);2H,1H3/t2-;/m0./s1. The van der Waals surface area contributed by atoms with E-state index in [9.17, 15) is 4.79 Å². The molecule has 0 aromatic heterocycles. The topological polar surface area (TPSA) is 77.8 Å². The van der Waals surface area contributed by atoms with Crippen LogP contribution in [0, 0.1) is 0 Å². The Morgan fingerprint density at radius 2 is 1.62 bits per heavy atom.